The fourth-order valence-electron chi connectivity index (χ4n) is 4.51. The lowest BCUT2D eigenvalue weighted by atomic mass is 9.86. The molecule has 4 heterocycles. The lowest BCUT2D eigenvalue weighted by Gasteiger charge is -2.28. The van der Waals surface area contributed by atoms with Crippen LogP contribution in [0, 0.1) is 5.92 Å². The molecule has 2 aliphatic rings. The summed E-state index contributed by atoms with van der Waals surface area (Å²) in [4.78, 5) is 52.6. The van der Waals surface area contributed by atoms with Crippen molar-refractivity contribution in [2.75, 3.05) is 11.5 Å². The molecule has 5 rings (SSSR count). The summed E-state index contributed by atoms with van der Waals surface area (Å²) in [5.74, 6) is -4.05. The van der Waals surface area contributed by atoms with Gasteiger partial charge in [0.25, 0.3) is 0 Å². The average molecular weight is 539 g/mol. The van der Waals surface area contributed by atoms with Crippen molar-refractivity contribution < 1.29 is 36.7 Å². The number of para-hydroxylation sites is 1. The van der Waals surface area contributed by atoms with Crippen LogP contribution in [-0.4, -0.2) is 34.2 Å². The minimum absolute atomic E-state index is 0.104. The number of nitrogens with zero attached hydrogens (tertiary/aromatic N) is 2. The number of thiazole rings is 1. The van der Waals surface area contributed by atoms with Gasteiger partial charge in [0.15, 0.2) is 0 Å². The first kappa shape index (κ1) is 24.4. The lowest BCUT2D eigenvalue weighted by molar-refractivity contribution is -0.144. The number of amides is 2. The molecule has 3 aromatic rings. The van der Waals surface area contributed by atoms with Crippen LogP contribution in [-0.2, 0) is 31.8 Å². The number of esters is 1. The second kappa shape index (κ2) is 8.96. The van der Waals surface area contributed by atoms with E-state index in [1.807, 2.05) is 0 Å². The largest absolute Gasteiger partial charge is 0.469 e. The Morgan fingerprint density at radius 1 is 1.11 bits per heavy atom. The minimum Gasteiger partial charge on any atom is -0.469 e. The zero-order valence-electron chi connectivity index (χ0n) is 18.5. The van der Waals surface area contributed by atoms with Crippen molar-refractivity contribution in [1.29, 1.82) is 0 Å². The first-order valence-corrected chi connectivity index (χ1v) is 12.5. The van der Waals surface area contributed by atoms with Gasteiger partial charge in [0, 0.05) is 0 Å². The fourth-order valence-corrected chi connectivity index (χ4v) is 7.26. The molecular weight excluding hydrogens is 521 g/mol. The van der Waals surface area contributed by atoms with Crippen LogP contribution in [0.4, 0.5) is 18.9 Å². The highest BCUT2D eigenvalue weighted by Gasteiger charge is 2.58. The Morgan fingerprint density at radius 3 is 2.53 bits per heavy atom. The van der Waals surface area contributed by atoms with E-state index in [0.717, 1.165) is 35.2 Å². The summed E-state index contributed by atoms with van der Waals surface area (Å²) in [6.45, 7) is 1.32. The van der Waals surface area contributed by atoms with Crippen molar-refractivity contribution in [1.82, 2.24) is 4.57 Å². The molecule has 2 aromatic heterocycles. The number of rotatable bonds is 5. The highest BCUT2D eigenvalue weighted by molar-refractivity contribution is 8.00. The summed E-state index contributed by atoms with van der Waals surface area (Å²) in [6, 6.07) is 7.53. The summed E-state index contributed by atoms with van der Waals surface area (Å²) in [7, 11) is 0. The predicted molar refractivity (Wildman–Crippen MR) is 123 cm³/mol. The van der Waals surface area contributed by atoms with Crippen LogP contribution < -0.4 is 9.77 Å². The second-order valence-electron chi connectivity index (χ2n) is 8.01. The van der Waals surface area contributed by atoms with Crippen molar-refractivity contribution in [2.24, 2.45) is 5.92 Å². The van der Waals surface area contributed by atoms with E-state index in [0.29, 0.717) is 9.78 Å². The molecule has 8 nitrogen and oxygen atoms in total. The SMILES string of the molecule is CCOC(=O)Cn1c2c(sc1=O)C(c1ccco1)C1C(=O)N(c3ccccc3C(F)(F)F)C(=O)C1S2. The third kappa shape index (κ3) is 3.86. The standard InChI is InChI=1S/C23H17F3N2O6S2/c1-2-33-14(29)10-27-21-18(36-22(27)32)15(13-8-5-9-34-13)16-17(35-21)20(31)28(19(16)30)12-7-4-3-6-11(12)23(24,25)26/h3-9,15-17H,2,10H2,1H3. The maximum Gasteiger partial charge on any atom is 0.418 e. The maximum absolute atomic E-state index is 13.7. The van der Waals surface area contributed by atoms with Crippen LogP contribution in [0.15, 0.2) is 56.9 Å². The van der Waals surface area contributed by atoms with Gasteiger partial charge in [-0.25, -0.2) is 4.90 Å². The average Bonchev–Trinajstić information content (AvgIpc) is 3.51. The zero-order valence-corrected chi connectivity index (χ0v) is 20.1. The Labute approximate surface area is 209 Å². The first-order chi connectivity index (χ1) is 17.1. The van der Waals surface area contributed by atoms with Gasteiger partial charge in [-0.15, -0.1) is 0 Å². The number of alkyl halides is 3. The number of halogens is 3. The smallest absolute Gasteiger partial charge is 0.418 e. The van der Waals surface area contributed by atoms with Crippen molar-refractivity contribution in [2.45, 2.75) is 35.8 Å². The molecule has 0 radical (unpaired) electrons. The van der Waals surface area contributed by atoms with Crippen LogP contribution in [0.3, 0.4) is 0 Å². The van der Waals surface area contributed by atoms with E-state index < -0.39 is 63.7 Å². The number of thioether (sulfide) groups is 1. The van der Waals surface area contributed by atoms with Crippen molar-refractivity contribution in [3.8, 4) is 0 Å². The lowest BCUT2D eigenvalue weighted by Crippen LogP contribution is -2.33. The number of fused-ring (bicyclic) bond motifs is 2. The molecule has 188 valence electrons. The van der Waals surface area contributed by atoms with Crippen LogP contribution in [0.2, 0.25) is 0 Å². The van der Waals surface area contributed by atoms with Crippen LogP contribution in [0.25, 0.3) is 0 Å². The van der Waals surface area contributed by atoms with Gasteiger partial charge in [-0.1, -0.05) is 35.2 Å². The van der Waals surface area contributed by atoms with Gasteiger partial charge in [-0.05, 0) is 31.2 Å². The fraction of sp³-hybridized carbons (Fsp3) is 0.304. The molecule has 2 amide bonds. The van der Waals surface area contributed by atoms with Crippen LogP contribution >= 0.6 is 23.1 Å². The normalized spacial score (nSPS) is 21.4. The zero-order chi connectivity index (χ0) is 25.8. The monoisotopic (exact) mass is 538 g/mol. The molecule has 3 unspecified atom stereocenters. The number of benzene rings is 1. The number of hydrogen-bond donors (Lipinski definition) is 0. The molecule has 1 fully saturated rings. The minimum atomic E-state index is -4.79. The van der Waals surface area contributed by atoms with E-state index in [-0.39, 0.29) is 17.4 Å². The number of hydrogen-bond acceptors (Lipinski definition) is 8. The van der Waals surface area contributed by atoms with Gasteiger partial charge < -0.3 is 9.15 Å². The summed E-state index contributed by atoms with van der Waals surface area (Å²) < 4.78 is 52.8. The summed E-state index contributed by atoms with van der Waals surface area (Å²) in [5, 5.41) is -0.850. The number of carbonyl (C=O) groups excluding carboxylic acids is 3. The summed E-state index contributed by atoms with van der Waals surface area (Å²) in [6.07, 6.45) is -3.43. The Bertz CT molecular complexity index is 1410. The van der Waals surface area contributed by atoms with E-state index in [1.54, 1.807) is 19.1 Å². The molecule has 0 aliphatic carbocycles. The van der Waals surface area contributed by atoms with E-state index in [9.17, 15) is 32.3 Å². The topological polar surface area (TPSA) is 98.8 Å². The van der Waals surface area contributed by atoms with Gasteiger partial charge in [-0.3, -0.25) is 23.7 Å². The number of ether oxygens (including phenoxy) is 1. The second-order valence-corrected chi connectivity index (χ2v) is 10.1. The third-order valence-corrected chi connectivity index (χ3v) is 8.55. The number of imide groups is 1. The Balaban J connectivity index is 1.64. The van der Waals surface area contributed by atoms with Crippen molar-refractivity contribution in [3.63, 3.8) is 0 Å². The highest BCUT2D eigenvalue weighted by Crippen LogP contribution is 2.54. The summed E-state index contributed by atoms with van der Waals surface area (Å²) in [5.41, 5.74) is -1.67. The molecule has 1 saturated heterocycles. The number of furan rings is 1. The molecule has 2 aliphatic heterocycles. The van der Waals surface area contributed by atoms with Crippen molar-refractivity contribution in [3.05, 3.63) is 68.5 Å². The Morgan fingerprint density at radius 2 is 1.86 bits per heavy atom. The molecule has 36 heavy (non-hydrogen) atoms. The molecule has 1 aromatic carbocycles. The van der Waals surface area contributed by atoms with Crippen molar-refractivity contribution >= 4 is 46.6 Å². The molecule has 0 N–H and O–H groups in total. The third-order valence-electron chi connectivity index (χ3n) is 5.94. The van der Waals surface area contributed by atoms with E-state index in [4.69, 9.17) is 9.15 Å². The molecule has 0 bridgehead atoms. The Kier molecular flexibility index (Phi) is 6.07. The molecule has 0 spiro atoms. The molecule has 13 heteroatoms. The number of anilines is 1. The van der Waals surface area contributed by atoms with E-state index in [1.165, 1.54) is 23.0 Å². The number of carbonyl (C=O) groups is 3. The van der Waals surface area contributed by atoms with Gasteiger partial charge in [0.1, 0.15) is 17.6 Å². The predicted octanol–water partition coefficient (Wildman–Crippen LogP) is 3.88. The molecule has 3 atom stereocenters. The first-order valence-electron chi connectivity index (χ1n) is 10.8. The van der Waals surface area contributed by atoms with Gasteiger partial charge in [-0.2, -0.15) is 13.2 Å². The van der Waals surface area contributed by atoms with Gasteiger partial charge in [0.2, 0.25) is 11.8 Å². The Hall–Kier alpha value is -3.32. The van der Waals surface area contributed by atoms with E-state index >= 15 is 0 Å². The van der Waals surface area contributed by atoms with Crippen LogP contribution in [0.5, 0.6) is 0 Å². The van der Waals surface area contributed by atoms with Gasteiger partial charge >= 0.3 is 17.0 Å². The van der Waals surface area contributed by atoms with E-state index in [2.05, 4.69) is 0 Å². The van der Waals surface area contributed by atoms with Crippen LogP contribution in [0.1, 0.15) is 29.0 Å². The maximum atomic E-state index is 13.7. The quantitative estimate of drug-likeness (QED) is 0.359. The van der Waals surface area contributed by atoms with Gasteiger partial charge in [0.05, 0.1) is 45.9 Å². The highest BCUT2D eigenvalue weighted by atomic mass is 32.2. The summed E-state index contributed by atoms with van der Waals surface area (Å²) >= 11 is 1.69. The molecular formula is C23H17F3N2O6S2. The number of aromatic nitrogens is 1. The molecule has 0 saturated carbocycles.